The number of aromatic amines is 1. The maximum atomic E-state index is 10.6. The Morgan fingerprint density at radius 3 is 2.70 bits per heavy atom. The van der Waals surface area contributed by atoms with Crippen LogP contribution in [0.2, 0.25) is 5.02 Å². The van der Waals surface area contributed by atoms with Crippen molar-refractivity contribution < 1.29 is 14.3 Å². The number of aromatic nitrogens is 3. The molecule has 0 saturated carbocycles. The smallest absolute Gasteiger partial charge is 0.264 e. The molecule has 0 amide bonds. The van der Waals surface area contributed by atoms with E-state index in [1.165, 1.54) is 5.56 Å². The number of fused-ring (bicyclic) bond motifs is 1. The van der Waals surface area contributed by atoms with Crippen LogP contribution in [0, 0.1) is 6.92 Å². The highest BCUT2D eigenvalue weighted by atomic mass is 35.5. The molecule has 172 valence electrons. The second kappa shape index (κ2) is 9.55. The standard InChI is InChI=1S/C25H27ClN4O3/c1-16-28-29-25(33-16)23-13-21-22(27-23)3-2-4-24(21)32-15-20(31)14-30-11-9-18(10-12-30)17-5-7-19(26)8-6-17/h2-8,13,18,20,27,31H,9-12,14-15H2,1H3. The Labute approximate surface area is 197 Å². The molecule has 33 heavy (non-hydrogen) atoms. The third-order valence-corrected chi connectivity index (χ3v) is 6.46. The zero-order valence-corrected chi connectivity index (χ0v) is 19.3. The predicted molar refractivity (Wildman–Crippen MR) is 128 cm³/mol. The monoisotopic (exact) mass is 466 g/mol. The lowest BCUT2D eigenvalue weighted by molar-refractivity contribution is 0.0599. The first-order valence-corrected chi connectivity index (χ1v) is 11.6. The first-order chi connectivity index (χ1) is 16.0. The van der Waals surface area contributed by atoms with Gasteiger partial charge in [0.15, 0.2) is 0 Å². The molecule has 1 unspecified atom stereocenters. The highest BCUT2D eigenvalue weighted by Gasteiger charge is 2.22. The van der Waals surface area contributed by atoms with Crippen LogP contribution in [0.15, 0.2) is 52.9 Å². The molecule has 0 bridgehead atoms. The lowest BCUT2D eigenvalue weighted by Crippen LogP contribution is -2.40. The summed E-state index contributed by atoms with van der Waals surface area (Å²) < 4.78 is 11.5. The predicted octanol–water partition coefficient (Wildman–Crippen LogP) is 4.80. The van der Waals surface area contributed by atoms with E-state index in [0.29, 0.717) is 30.0 Å². The molecule has 2 aromatic heterocycles. The fourth-order valence-corrected chi connectivity index (χ4v) is 4.62. The summed E-state index contributed by atoms with van der Waals surface area (Å²) in [7, 11) is 0. The van der Waals surface area contributed by atoms with Crippen molar-refractivity contribution in [3.05, 3.63) is 65.0 Å². The van der Waals surface area contributed by atoms with Crippen molar-refractivity contribution in [1.29, 1.82) is 0 Å². The molecule has 1 aliphatic rings. The number of benzene rings is 2. The van der Waals surface area contributed by atoms with E-state index in [-0.39, 0.29) is 6.61 Å². The van der Waals surface area contributed by atoms with Crippen molar-refractivity contribution in [3.63, 3.8) is 0 Å². The van der Waals surface area contributed by atoms with Crippen LogP contribution in [0.25, 0.3) is 22.5 Å². The summed E-state index contributed by atoms with van der Waals surface area (Å²) >= 11 is 6.01. The average Bonchev–Trinajstić information content (AvgIpc) is 3.45. The molecule has 0 spiro atoms. The van der Waals surface area contributed by atoms with Gasteiger partial charge in [-0.05, 0) is 67.7 Å². The molecule has 0 aliphatic carbocycles. The minimum absolute atomic E-state index is 0.233. The summed E-state index contributed by atoms with van der Waals surface area (Å²) in [5.41, 5.74) is 3.00. The van der Waals surface area contributed by atoms with Gasteiger partial charge in [-0.2, -0.15) is 0 Å². The van der Waals surface area contributed by atoms with Gasteiger partial charge in [0.05, 0.1) is 0 Å². The fraction of sp³-hybridized carbons (Fsp3) is 0.360. The summed E-state index contributed by atoms with van der Waals surface area (Å²) in [4.78, 5) is 5.60. The number of nitrogens with zero attached hydrogens (tertiary/aromatic N) is 3. The highest BCUT2D eigenvalue weighted by Crippen LogP contribution is 2.31. The molecule has 2 N–H and O–H groups in total. The first-order valence-electron chi connectivity index (χ1n) is 11.3. The van der Waals surface area contributed by atoms with Gasteiger partial charge in [0.2, 0.25) is 5.89 Å². The Hall–Kier alpha value is -2.87. The van der Waals surface area contributed by atoms with Crippen LogP contribution in [0.3, 0.4) is 0 Å². The number of nitrogens with one attached hydrogen (secondary N) is 1. The third-order valence-electron chi connectivity index (χ3n) is 6.21. The van der Waals surface area contributed by atoms with Crippen molar-refractivity contribution in [2.75, 3.05) is 26.2 Å². The van der Waals surface area contributed by atoms with E-state index >= 15 is 0 Å². The van der Waals surface area contributed by atoms with E-state index < -0.39 is 6.10 Å². The summed E-state index contributed by atoms with van der Waals surface area (Å²) in [6, 6.07) is 15.9. The number of hydrogen-bond acceptors (Lipinski definition) is 6. The van der Waals surface area contributed by atoms with Gasteiger partial charge in [0.25, 0.3) is 5.89 Å². The average molecular weight is 467 g/mol. The van der Waals surface area contributed by atoms with E-state index in [0.717, 1.165) is 47.6 Å². The quantitative estimate of drug-likeness (QED) is 0.407. The summed E-state index contributed by atoms with van der Waals surface area (Å²) in [6.07, 6.45) is 1.59. The number of β-amino-alcohol motifs (C(OH)–C–C–N with tert-alkyl or cyclic N) is 1. The molecule has 1 fully saturated rings. The molecule has 2 aromatic carbocycles. The molecule has 0 radical (unpaired) electrons. The Kier molecular flexibility index (Phi) is 6.35. The number of H-pyrrole nitrogens is 1. The van der Waals surface area contributed by atoms with E-state index in [1.807, 2.05) is 36.4 Å². The highest BCUT2D eigenvalue weighted by molar-refractivity contribution is 6.30. The lowest BCUT2D eigenvalue weighted by atomic mass is 9.89. The zero-order valence-electron chi connectivity index (χ0n) is 18.5. The molecular formula is C25H27ClN4O3. The number of aliphatic hydroxyl groups excluding tert-OH is 1. The molecule has 8 heteroatoms. The summed E-state index contributed by atoms with van der Waals surface area (Å²) in [6.45, 7) is 4.52. The van der Waals surface area contributed by atoms with Crippen LogP contribution in [-0.2, 0) is 0 Å². The summed E-state index contributed by atoms with van der Waals surface area (Å²) in [5, 5.41) is 20.3. The fourth-order valence-electron chi connectivity index (χ4n) is 4.49. The van der Waals surface area contributed by atoms with E-state index in [9.17, 15) is 5.11 Å². The van der Waals surface area contributed by atoms with Gasteiger partial charge < -0.3 is 24.1 Å². The van der Waals surface area contributed by atoms with Gasteiger partial charge in [-0.3, -0.25) is 0 Å². The van der Waals surface area contributed by atoms with Crippen molar-refractivity contribution >= 4 is 22.5 Å². The molecule has 1 atom stereocenters. The molecule has 5 rings (SSSR count). The van der Waals surface area contributed by atoms with Crippen LogP contribution in [-0.4, -0.2) is 57.5 Å². The van der Waals surface area contributed by atoms with Crippen molar-refractivity contribution in [1.82, 2.24) is 20.1 Å². The number of aliphatic hydroxyl groups is 1. The van der Waals surface area contributed by atoms with Crippen LogP contribution in [0.5, 0.6) is 5.75 Å². The minimum Gasteiger partial charge on any atom is -0.490 e. The van der Waals surface area contributed by atoms with Gasteiger partial charge in [-0.15, -0.1) is 10.2 Å². The van der Waals surface area contributed by atoms with Gasteiger partial charge >= 0.3 is 0 Å². The molecule has 1 aliphatic heterocycles. The van der Waals surface area contributed by atoms with Crippen LogP contribution < -0.4 is 4.74 Å². The van der Waals surface area contributed by atoms with E-state index in [2.05, 4.69) is 32.2 Å². The Balaban J connectivity index is 1.16. The van der Waals surface area contributed by atoms with Gasteiger partial charge in [-0.1, -0.05) is 29.8 Å². The molecule has 7 nitrogen and oxygen atoms in total. The number of halogens is 1. The Morgan fingerprint density at radius 2 is 1.97 bits per heavy atom. The van der Waals surface area contributed by atoms with Gasteiger partial charge in [-0.25, -0.2) is 0 Å². The largest absolute Gasteiger partial charge is 0.490 e. The number of ether oxygens (including phenoxy) is 1. The van der Waals surface area contributed by atoms with Crippen molar-refractivity contribution in [3.8, 4) is 17.3 Å². The third kappa shape index (κ3) is 5.05. The van der Waals surface area contributed by atoms with Gasteiger partial charge in [0, 0.05) is 29.4 Å². The number of rotatable bonds is 7. The summed E-state index contributed by atoms with van der Waals surface area (Å²) in [5.74, 6) is 2.22. The molecule has 4 aromatic rings. The van der Waals surface area contributed by atoms with Crippen LogP contribution in [0.4, 0.5) is 0 Å². The Bertz CT molecular complexity index is 1210. The normalized spacial score (nSPS) is 16.3. The van der Waals surface area contributed by atoms with E-state index in [1.54, 1.807) is 6.92 Å². The van der Waals surface area contributed by atoms with Gasteiger partial charge in [0.1, 0.15) is 24.2 Å². The first kappa shape index (κ1) is 21.9. The molecule has 3 heterocycles. The molecule has 1 saturated heterocycles. The number of piperidine rings is 1. The van der Waals surface area contributed by atoms with Crippen LogP contribution >= 0.6 is 11.6 Å². The second-order valence-corrected chi connectivity index (χ2v) is 9.05. The van der Waals surface area contributed by atoms with Crippen molar-refractivity contribution in [2.45, 2.75) is 31.8 Å². The maximum absolute atomic E-state index is 10.6. The minimum atomic E-state index is -0.565. The number of likely N-dealkylation sites (tertiary alicyclic amines) is 1. The zero-order chi connectivity index (χ0) is 22.8. The van der Waals surface area contributed by atoms with Crippen LogP contribution in [0.1, 0.15) is 30.2 Å². The Morgan fingerprint density at radius 1 is 1.18 bits per heavy atom. The number of hydrogen-bond donors (Lipinski definition) is 2. The SMILES string of the molecule is Cc1nnc(-c2cc3c(OCC(O)CN4CCC(c5ccc(Cl)cc5)CC4)cccc3[nH]2)o1. The lowest BCUT2D eigenvalue weighted by Gasteiger charge is -2.33. The van der Waals surface area contributed by atoms with E-state index in [4.69, 9.17) is 20.8 Å². The second-order valence-electron chi connectivity index (χ2n) is 8.62. The topological polar surface area (TPSA) is 87.4 Å². The molecular weight excluding hydrogens is 440 g/mol. The van der Waals surface area contributed by atoms with Crippen molar-refractivity contribution in [2.24, 2.45) is 0 Å². The number of aryl methyl sites for hydroxylation is 1. The maximum Gasteiger partial charge on any atom is 0.264 e.